The van der Waals surface area contributed by atoms with Gasteiger partial charge < -0.3 is 15.4 Å². The Labute approximate surface area is 150 Å². The van der Waals surface area contributed by atoms with Crippen molar-refractivity contribution in [2.24, 2.45) is 0 Å². The highest BCUT2D eigenvalue weighted by Gasteiger charge is 2.12. The number of carbonyl (C=O) groups is 2. The van der Waals surface area contributed by atoms with Gasteiger partial charge in [0.1, 0.15) is 11.6 Å². The number of methoxy groups -OCH3 is 1. The van der Waals surface area contributed by atoms with E-state index in [4.69, 9.17) is 4.74 Å². The van der Waals surface area contributed by atoms with Crippen LogP contribution in [0.2, 0.25) is 0 Å². The van der Waals surface area contributed by atoms with Gasteiger partial charge in [-0.1, -0.05) is 12.1 Å². The van der Waals surface area contributed by atoms with Crippen molar-refractivity contribution < 1.29 is 23.1 Å². The summed E-state index contributed by atoms with van der Waals surface area (Å²) in [4.78, 5) is 23.8. The smallest absolute Gasteiger partial charge is 0.254 e. The second-order valence-corrected chi connectivity index (χ2v) is 5.67. The largest absolute Gasteiger partial charge is 0.380 e. The van der Waals surface area contributed by atoms with Crippen LogP contribution in [-0.2, 0) is 16.1 Å². The molecular formula is C19H20F2N2O3. The molecule has 7 heteroatoms. The number of hydrogen-bond acceptors (Lipinski definition) is 3. The van der Waals surface area contributed by atoms with Crippen molar-refractivity contribution in [1.29, 1.82) is 0 Å². The number of hydrogen-bond donors (Lipinski definition) is 2. The van der Waals surface area contributed by atoms with Crippen molar-refractivity contribution in [1.82, 2.24) is 5.32 Å². The molecule has 138 valence electrons. The first-order valence-corrected chi connectivity index (χ1v) is 8.10. The quantitative estimate of drug-likeness (QED) is 0.709. The molecule has 2 rings (SSSR count). The molecule has 2 aromatic carbocycles. The number of benzene rings is 2. The zero-order valence-corrected chi connectivity index (χ0v) is 14.4. The fourth-order valence-electron chi connectivity index (χ4n) is 2.35. The number of ether oxygens (including phenoxy) is 1. The van der Waals surface area contributed by atoms with Crippen LogP contribution < -0.4 is 10.6 Å². The van der Waals surface area contributed by atoms with E-state index in [1.54, 1.807) is 13.2 Å². The van der Waals surface area contributed by atoms with Crippen LogP contribution in [0, 0.1) is 11.6 Å². The molecule has 0 aliphatic heterocycles. The van der Waals surface area contributed by atoms with Crippen molar-refractivity contribution in [3.8, 4) is 0 Å². The fraction of sp³-hybridized carbons (Fsp3) is 0.263. The van der Waals surface area contributed by atoms with Crippen molar-refractivity contribution in [3.63, 3.8) is 0 Å². The Morgan fingerprint density at radius 2 is 1.92 bits per heavy atom. The van der Waals surface area contributed by atoms with Gasteiger partial charge in [0.15, 0.2) is 0 Å². The second kappa shape index (κ2) is 9.62. The van der Waals surface area contributed by atoms with Crippen LogP contribution in [0.3, 0.4) is 0 Å². The Morgan fingerprint density at radius 1 is 1.12 bits per heavy atom. The molecule has 0 heterocycles. The van der Waals surface area contributed by atoms with E-state index in [1.165, 1.54) is 0 Å². The number of anilines is 1. The SMILES string of the molecule is COCc1cccc(NC(=O)CCCNC(=O)c2ccc(F)cc2F)c1. The maximum atomic E-state index is 13.5. The average Bonchev–Trinajstić information content (AvgIpc) is 2.59. The van der Waals surface area contributed by atoms with Crippen LogP contribution in [0.15, 0.2) is 42.5 Å². The minimum absolute atomic E-state index is 0.193. The molecule has 0 aliphatic rings. The summed E-state index contributed by atoms with van der Waals surface area (Å²) in [6, 6.07) is 10.1. The lowest BCUT2D eigenvalue weighted by Crippen LogP contribution is -2.26. The van der Waals surface area contributed by atoms with Gasteiger partial charge in [-0.15, -0.1) is 0 Å². The number of nitrogens with one attached hydrogen (secondary N) is 2. The number of halogens is 2. The molecule has 0 bridgehead atoms. The van der Waals surface area contributed by atoms with Gasteiger partial charge in [0, 0.05) is 31.8 Å². The summed E-state index contributed by atoms with van der Waals surface area (Å²) < 4.78 is 31.4. The van der Waals surface area contributed by atoms with Gasteiger partial charge in [-0.2, -0.15) is 0 Å². The molecule has 0 saturated carbocycles. The lowest BCUT2D eigenvalue weighted by Gasteiger charge is -2.08. The Bertz CT molecular complexity index is 781. The Balaban J connectivity index is 1.74. The van der Waals surface area contributed by atoms with Crippen molar-refractivity contribution in [2.45, 2.75) is 19.4 Å². The maximum absolute atomic E-state index is 13.5. The first-order chi connectivity index (χ1) is 12.5. The van der Waals surface area contributed by atoms with Crippen LogP contribution >= 0.6 is 0 Å². The molecule has 0 atom stereocenters. The average molecular weight is 362 g/mol. The highest BCUT2D eigenvalue weighted by Crippen LogP contribution is 2.12. The zero-order chi connectivity index (χ0) is 18.9. The predicted octanol–water partition coefficient (Wildman–Crippen LogP) is 3.26. The molecule has 0 aromatic heterocycles. The highest BCUT2D eigenvalue weighted by atomic mass is 19.1. The summed E-state index contributed by atoms with van der Waals surface area (Å²) in [6.45, 7) is 0.655. The summed E-state index contributed by atoms with van der Waals surface area (Å²) in [5.74, 6) is -2.50. The highest BCUT2D eigenvalue weighted by molar-refractivity contribution is 5.94. The fourth-order valence-corrected chi connectivity index (χ4v) is 2.35. The minimum atomic E-state index is -0.920. The summed E-state index contributed by atoms with van der Waals surface area (Å²) in [6.07, 6.45) is 0.582. The lowest BCUT2D eigenvalue weighted by atomic mass is 10.2. The van der Waals surface area contributed by atoms with Crippen molar-refractivity contribution >= 4 is 17.5 Å². The molecule has 5 nitrogen and oxygen atoms in total. The summed E-state index contributed by atoms with van der Waals surface area (Å²) in [5, 5.41) is 5.27. The zero-order valence-electron chi connectivity index (χ0n) is 14.4. The van der Waals surface area contributed by atoms with E-state index < -0.39 is 17.5 Å². The van der Waals surface area contributed by atoms with Crippen LogP contribution in [0.25, 0.3) is 0 Å². The third-order valence-corrected chi connectivity index (χ3v) is 3.56. The molecule has 0 spiro atoms. The van der Waals surface area contributed by atoms with Gasteiger partial charge >= 0.3 is 0 Å². The standard InChI is InChI=1S/C19H20F2N2O3/c1-26-12-13-4-2-5-15(10-13)23-18(24)6-3-9-22-19(25)16-8-7-14(20)11-17(16)21/h2,4-5,7-8,10-11H,3,6,9,12H2,1H3,(H,22,25)(H,23,24). The van der Waals surface area contributed by atoms with Gasteiger partial charge in [-0.25, -0.2) is 8.78 Å². The molecule has 2 amide bonds. The Hall–Kier alpha value is -2.80. The van der Waals surface area contributed by atoms with E-state index in [2.05, 4.69) is 10.6 Å². The van der Waals surface area contributed by atoms with Crippen LogP contribution in [0.5, 0.6) is 0 Å². The minimum Gasteiger partial charge on any atom is -0.380 e. The molecule has 0 aliphatic carbocycles. The van der Waals surface area contributed by atoms with E-state index in [-0.39, 0.29) is 24.4 Å². The van der Waals surface area contributed by atoms with Gasteiger partial charge in [0.2, 0.25) is 5.91 Å². The number of carbonyl (C=O) groups excluding carboxylic acids is 2. The van der Waals surface area contributed by atoms with Crippen LogP contribution in [0.4, 0.5) is 14.5 Å². The summed E-state index contributed by atoms with van der Waals surface area (Å²) in [5.41, 5.74) is 1.38. The van der Waals surface area contributed by atoms with E-state index in [0.29, 0.717) is 24.8 Å². The topological polar surface area (TPSA) is 67.4 Å². The van der Waals surface area contributed by atoms with Crippen LogP contribution in [-0.4, -0.2) is 25.5 Å². The van der Waals surface area contributed by atoms with Gasteiger partial charge in [-0.3, -0.25) is 9.59 Å². The van der Waals surface area contributed by atoms with Crippen LogP contribution in [0.1, 0.15) is 28.8 Å². The van der Waals surface area contributed by atoms with E-state index in [1.807, 2.05) is 18.2 Å². The Morgan fingerprint density at radius 3 is 2.65 bits per heavy atom. The van der Waals surface area contributed by atoms with Gasteiger partial charge in [0.25, 0.3) is 5.91 Å². The number of rotatable bonds is 8. The van der Waals surface area contributed by atoms with Crippen molar-refractivity contribution in [2.75, 3.05) is 19.0 Å². The molecule has 26 heavy (non-hydrogen) atoms. The summed E-state index contributed by atoms with van der Waals surface area (Å²) >= 11 is 0. The monoisotopic (exact) mass is 362 g/mol. The predicted molar refractivity (Wildman–Crippen MR) is 93.7 cm³/mol. The van der Waals surface area contributed by atoms with E-state index in [9.17, 15) is 18.4 Å². The first-order valence-electron chi connectivity index (χ1n) is 8.10. The molecular weight excluding hydrogens is 342 g/mol. The number of amides is 2. The second-order valence-electron chi connectivity index (χ2n) is 5.67. The maximum Gasteiger partial charge on any atom is 0.254 e. The summed E-state index contributed by atoms with van der Waals surface area (Å²) in [7, 11) is 1.59. The third kappa shape index (κ3) is 5.93. The van der Waals surface area contributed by atoms with Gasteiger partial charge in [0.05, 0.1) is 12.2 Å². The normalized spacial score (nSPS) is 10.4. The van der Waals surface area contributed by atoms with E-state index in [0.717, 1.165) is 17.7 Å². The van der Waals surface area contributed by atoms with E-state index >= 15 is 0 Å². The molecule has 2 N–H and O–H groups in total. The third-order valence-electron chi connectivity index (χ3n) is 3.56. The molecule has 0 unspecified atom stereocenters. The van der Waals surface area contributed by atoms with Gasteiger partial charge in [-0.05, 0) is 36.2 Å². The first kappa shape index (κ1) is 19.5. The molecule has 2 aromatic rings. The molecule has 0 radical (unpaired) electrons. The van der Waals surface area contributed by atoms with Crippen molar-refractivity contribution in [3.05, 3.63) is 65.2 Å². The lowest BCUT2D eigenvalue weighted by molar-refractivity contribution is -0.116. The Kier molecular flexibility index (Phi) is 7.23. The molecule has 0 fully saturated rings. The molecule has 0 saturated heterocycles.